The van der Waals surface area contributed by atoms with Gasteiger partial charge >= 0.3 is 6.09 Å². The van der Waals surface area contributed by atoms with Crippen LogP contribution in [-0.2, 0) is 19.1 Å². The second-order valence-corrected chi connectivity index (χ2v) is 19.1. The van der Waals surface area contributed by atoms with E-state index < -0.39 is 27.3 Å². The Labute approximate surface area is 358 Å². The molecule has 6 rings (SSSR count). The fourth-order valence-electron chi connectivity index (χ4n) is 9.43. The monoisotopic (exact) mass is 834 g/mol. The first-order valence-electron chi connectivity index (χ1n) is 19.1. The molecule has 0 bridgehead atoms. The standard InChI is InChI=1S/C18H24N2O3.C14H18N2O.C13H16N2O.2ClH/c1-16(2,3)23-15(22)20-9-8-13-17(4,5)14(21)12(19-7)10-18(13,6)11-20;1-13(2)11-6-7-16(5)9-14(11,3)8-10(15-4)12(13)17;1-12(2)10-5-6-15-8-13(10,3)7-9(14-4)11(12)16;;/h8,10H,9,11H2,1-6H3;6,8H,7,9H2,1-3,5H3;5,7,15H,6,8H2,1-3H3;2*1H/t18-;14-;13-;;/m000../s1. The number of rotatable bonds is 0. The van der Waals surface area contributed by atoms with Gasteiger partial charge in [0, 0.05) is 71.8 Å². The number of ketones is 3. The molecule has 3 aliphatic heterocycles. The Balaban J connectivity index is 0.000000301. The van der Waals surface area contributed by atoms with Gasteiger partial charge in [-0.3, -0.25) is 0 Å². The summed E-state index contributed by atoms with van der Waals surface area (Å²) in [7, 11) is 2.06. The first-order chi connectivity index (χ1) is 25.6. The molecule has 3 aliphatic carbocycles. The van der Waals surface area contributed by atoms with Crippen molar-refractivity contribution in [3.8, 4) is 0 Å². The number of halogens is 2. The van der Waals surface area contributed by atoms with Crippen LogP contribution < -0.4 is 5.32 Å². The molecule has 58 heavy (non-hydrogen) atoms. The van der Waals surface area contributed by atoms with Crippen LogP contribution in [0.2, 0.25) is 0 Å². The summed E-state index contributed by atoms with van der Waals surface area (Å²) in [6.07, 6.45) is 11.2. The van der Waals surface area contributed by atoms with Crippen LogP contribution in [0, 0.1) is 52.2 Å². The van der Waals surface area contributed by atoms with Gasteiger partial charge in [-0.1, -0.05) is 115 Å². The Hall–Kier alpha value is -4.31. The molecule has 6 aliphatic rings. The van der Waals surface area contributed by atoms with Crippen LogP contribution in [-0.4, -0.2) is 85.2 Å². The molecule has 0 saturated heterocycles. The maximum Gasteiger partial charge on any atom is 0.410 e. The van der Waals surface area contributed by atoms with E-state index in [9.17, 15) is 19.2 Å². The smallest absolute Gasteiger partial charge is 0.410 e. The van der Waals surface area contributed by atoms with Gasteiger partial charge in [0.15, 0.2) is 17.3 Å². The molecule has 13 heteroatoms. The van der Waals surface area contributed by atoms with Gasteiger partial charge in [0.25, 0.3) is 0 Å². The Kier molecular flexibility index (Phi) is 14.7. The number of fused-ring (bicyclic) bond motifs is 3. The highest BCUT2D eigenvalue weighted by atomic mass is 35.5. The van der Waals surface area contributed by atoms with Crippen LogP contribution in [0.25, 0.3) is 14.5 Å². The van der Waals surface area contributed by atoms with Gasteiger partial charge < -0.3 is 34.2 Å². The van der Waals surface area contributed by atoms with Crippen molar-refractivity contribution in [2.45, 2.75) is 88.7 Å². The van der Waals surface area contributed by atoms with E-state index in [0.29, 0.717) is 18.8 Å². The Morgan fingerprint density at radius 2 is 1.03 bits per heavy atom. The zero-order valence-electron chi connectivity index (χ0n) is 36.3. The number of nitrogens with zero attached hydrogens (tertiary/aromatic N) is 5. The van der Waals surface area contributed by atoms with Crippen molar-refractivity contribution in [1.29, 1.82) is 0 Å². The topological polar surface area (TPSA) is 109 Å². The lowest BCUT2D eigenvalue weighted by Crippen LogP contribution is -2.51. The summed E-state index contributed by atoms with van der Waals surface area (Å²) in [4.78, 5) is 63.1. The van der Waals surface area contributed by atoms with E-state index in [2.05, 4.69) is 57.8 Å². The molecular formula is C45H60Cl2N6O5. The number of allylic oxidation sites excluding steroid dienone is 3. The van der Waals surface area contributed by atoms with Crippen molar-refractivity contribution in [1.82, 2.24) is 15.1 Å². The minimum atomic E-state index is -0.719. The average Bonchev–Trinajstić information content (AvgIpc) is 3.09. The molecule has 314 valence electrons. The fourth-order valence-corrected chi connectivity index (χ4v) is 9.43. The zero-order chi connectivity index (χ0) is 42.4. The predicted octanol–water partition coefficient (Wildman–Crippen LogP) is 8.64. The first-order valence-corrected chi connectivity index (χ1v) is 19.1. The van der Waals surface area contributed by atoms with Crippen molar-refractivity contribution in [2.24, 2.45) is 32.5 Å². The van der Waals surface area contributed by atoms with Gasteiger partial charge in [0.1, 0.15) is 5.60 Å². The van der Waals surface area contributed by atoms with Crippen molar-refractivity contribution < 1.29 is 23.9 Å². The van der Waals surface area contributed by atoms with Gasteiger partial charge in [0.2, 0.25) is 17.1 Å². The van der Waals surface area contributed by atoms with Gasteiger partial charge in [-0.05, 0) is 27.8 Å². The van der Waals surface area contributed by atoms with Gasteiger partial charge in [0.05, 0.1) is 19.7 Å². The summed E-state index contributed by atoms with van der Waals surface area (Å²) in [5.74, 6) is -0.240. The fraction of sp³-hybridized carbons (Fsp3) is 0.578. The molecule has 1 amide bonds. The van der Waals surface area contributed by atoms with E-state index in [1.54, 1.807) is 11.0 Å². The SMILES string of the molecule is Cl.Cl.[C-]#[N+]C1=C[C@@]2(C)CN(C(=O)OC(C)(C)C)CC=C2C(C)(C)C1=O.[C-]#[N+]C1=C[C@@]2(C)CN(C)CC=C2C(C)(C)C1=O.[C-]#[N+]C1=C[C@@]2(C)CNCC=C2C(C)(C)C1=O. The Morgan fingerprint density at radius 3 is 1.45 bits per heavy atom. The number of likely N-dealkylation sites (N-methyl/N-ethyl adjacent to an activating group) is 1. The molecule has 0 aromatic heterocycles. The van der Waals surface area contributed by atoms with E-state index in [-0.39, 0.29) is 70.5 Å². The van der Waals surface area contributed by atoms with Crippen molar-refractivity contribution >= 4 is 48.3 Å². The summed E-state index contributed by atoms with van der Waals surface area (Å²) in [6.45, 7) is 48.7. The molecule has 0 saturated carbocycles. The van der Waals surface area contributed by atoms with E-state index >= 15 is 0 Å². The molecule has 11 nitrogen and oxygen atoms in total. The van der Waals surface area contributed by atoms with Crippen molar-refractivity contribution in [3.05, 3.63) is 105 Å². The molecule has 3 heterocycles. The van der Waals surface area contributed by atoms with Crippen LogP contribution >= 0.6 is 24.8 Å². The quantitative estimate of drug-likeness (QED) is 0.192. The largest absolute Gasteiger partial charge is 0.444 e. The number of hydrogen-bond donors (Lipinski definition) is 1. The third-order valence-corrected chi connectivity index (χ3v) is 11.8. The van der Waals surface area contributed by atoms with E-state index in [1.807, 2.05) is 87.5 Å². The maximum absolute atomic E-state index is 12.5. The normalized spacial score (nSPS) is 28.9. The van der Waals surface area contributed by atoms with E-state index in [0.717, 1.165) is 37.3 Å². The minimum Gasteiger partial charge on any atom is -0.444 e. The van der Waals surface area contributed by atoms with Crippen LogP contribution in [0.3, 0.4) is 0 Å². The minimum absolute atomic E-state index is 0. The number of Topliss-reactive ketones (excluding diaryl/α,β-unsaturated/α-hetero) is 3. The van der Waals surface area contributed by atoms with Crippen molar-refractivity contribution in [3.63, 3.8) is 0 Å². The molecule has 0 unspecified atom stereocenters. The lowest BCUT2D eigenvalue weighted by Gasteiger charge is -2.47. The number of amides is 1. The summed E-state index contributed by atoms with van der Waals surface area (Å²) < 4.78 is 5.44. The second kappa shape index (κ2) is 17.1. The molecule has 1 N–H and O–H groups in total. The average molecular weight is 836 g/mol. The summed E-state index contributed by atoms with van der Waals surface area (Å²) in [5, 5.41) is 3.29. The highest BCUT2D eigenvalue weighted by Crippen LogP contribution is 2.51. The van der Waals surface area contributed by atoms with Crippen molar-refractivity contribution in [2.75, 3.05) is 46.3 Å². The second-order valence-electron chi connectivity index (χ2n) is 19.1. The molecule has 0 radical (unpaired) electrons. The summed E-state index contributed by atoms with van der Waals surface area (Å²) >= 11 is 0. The maximum atomic E-state index is 12.5. The van der Waals surface area contributed by atoms with Crippen LogP contribution in [0.4, 0.5) is 4.79 Å². The predicted molar refractivity (Wildman–Crippen MR) is 232 cm³/mol. The molecule has 0 fully saturated rings. The number of hydrogen-bond acceptors (Lipinski definition) is 7. The molecule has 0 aromatic carbocycles. The van der Waals surface area contributed by atoms with Crippen LogP contribution in [0.5, 0.6) is 0 Å². The van der Waals surface area contributed by atoms with Crippen LogP contribution in [0.1, 0.15) is 83.1 Å². The zero-order valence-corrected chi connectivity index (χ0v) is 37.9. The van der Waals surface area contributed by atoms with Gasteiger partial charge in [-0.15, -0.1) is 24.8 Å². The molecule has 0 aromatic rings. The first kappa shape index (κ1) is 49.8. The van der Waals surface area contributed by atoms with Crippen LogP contribution in [0.15, 0.2) is 70.3 Å². The molecular weight excluding hydrogens is 775 g/mol. The number of ether oxygens (including phenoxy) is 1. The van der Waals surface area contributed by atoms with Gasteiger partial charge in [-0.2, -0.15) is 0 Å². The van der Waals surface area contributed by atoms with E-state index in [4.69, 9.17) is 24.5 Å². The Bertz CT molecular complexity index is 2060. The summed E-state index contributed by atoms with van der Waals surface area (Å²) in [5.41, 5.74) is 0.797. The summed E-state index contributed by atoms with van der Waals surface area (Å²) in [6, 6.07) is 0. The third kappa shape index (κ3) is 9.27. The third-order valence-electron chi connectivity index (χ3n) is 11.8. The number of nitrogens with one attached hydrogen (secondary N) is 1. The highest BCUT2D eigenvalue weighted by molar-refractivity contribution is 6.06. The number of carbonyl (C=O) groups excluding carboxylic acids is 4. The van der Waals surface area contributed by atoms with Gasteiger partial charge in [-0.25, -0.2) is 19.3 Å². The molecule has 0 spiro atoms. The number of carbonyl (C=O) groups is 4. The van der Waals surface area contributed by atoms with E-state index in [1.165, 1.54) is 5.57 Å². The Morgan fingerprint density at radius 1 is 0.655 bits per heavy atom. The lowest BCUT2D eigenvalue weighted by atomic mass is 9.61. The lowest BCUT2D eigenvalue weighted by molar-refractivity contribution is -0.123. The highest BCUT2D eigenvalue weighted by Gasteiger charge is 2.51. The molecule has 3 atom stereocenters.